The van der Waals surface area contributed by atoms with Crippen LogP contribution in [0.1, 0.15) is 12.5 Å². The summed E-state index contributed by atoms with van der Waals surface area (Å²) in [7, 11) is -2.46. The van der Waals surface area contributed by atoms with Crippen molar-refractivity contribution in [3.05, 3.63) is 33.6 Å². The van der Waals surface area contributed by atoms with E-state index in [9.17, 15) is 22.9 Å². The second kappa shape index (κ2) is 6.92. The lowest BCUT2D eigenvalue weighted by Gasteiger charge is -2.13. The third kappa shape index (κ3) is 4.45. The molecule has 21 heavy (non-hydrogen) atoms. The van der Waals surface area contributed by atoms with E-state index in [2.05, 4.69) is 4.72 Å². The van der Waals surface area contributed by atoms with E-state index in [0.717, 1.165) is 12.1 Å². The number of halogens is 1. The van der Waals surface area contributed by atoms with Crippen molar-refractivity contribution in [3.63, 3.8) is 0 Å². The Labute approximate surface area is 122 Å². The van der Waals surface area contributed by atoms with Crippen molar-refractivity contribution in [2.75, 3.05) is 20.3 Å². The highest BCUT2D eigenvalue weighted by molar-refractivity contribution is 7.89. The molecule has 0 aliphatic carbocycles. The van der Waals surface area contributed by atoms with Gasteiger partial charge in [0.1, 0.15) is 0 Å². The maximum Gasteiger partial charge on any atom is 0.306 e. The summed E-state index contributed by atoms with van der Waals surface area (Å²) >= 11 is 0. The number of benzene rings is 1. The van der Waals surface area contributed by atoms with Gasteiger partial charge in [-0.25, -0.2) is 13.1 Å². The van der Waals surface area contributed by atoms with Crippen LogP contribution in [-0.4, -0.2) is 33.6 Å². The summed E-state index contributed by atoms with van der Waals surface area (Å²) < 4.78 is 44.9. The molecule has 0 aliphatic heterocycles. The molecule has 0 saturated carbocycles. The van der Waals surface area contributed by atoms with Gasteiger partial charge in [0.15, 0.2) is 0 Å². The van der Waals surface area contributed by atoms with Crippen molar-refractivity contribution >= 4 is 15.7 Å². The van der Waals surface area contributed by atoms with Gasteiger partial charge in [0.05, 0.1) is 9.82 Å². The molecule has 1 rings (SSSR count). The third-order valence-corrected chi connectivity index (χ3v) is 4.37. The molecule has 0 aliphatic rings. The lowest BCUT2D eigenvalue weighted by molar-refractivity contribution is -0.387. The number of nitrogens with one attached hydrogen (secondary N) is 1. The predicted octanol–water partition coefficient (Wildman–Crippen LogP) is 1.60. The normalized spacial score (nSPS) is 13.1. The zero-order valence-corrected chi connectivity index (χ0v) is 12.7. The molecule has 9 heteroatoms. The highest BCUT2D eigenvalue weighted by Crippen LogP contribution is 2.25. The van der Waals surface area contributed by atoms with E-state index in [0.29, 0.717) is 6.61 Å². The highest BCUT2D eigenvalue weighted by Gasteiger charge is 2.24. The molecule has 0 amide bonds. The van der Waals surface area contributed by atoms with Crippen LogP contribution < -0.4 is 4.72 Å². The summed E-state index contributed by atoms with van der Waals surface area (Å²) in [6, 6.07) is 1.57. The van der Waals surface area contributed by atoms with E-state index in [1.54, 1.807) is 6.92 Å². The standard InChI is InChI=1S/C12H17FN2O5S/c1-8(7-20-3)6-14-21(18,19)12-5-11(15(16)17)10(13)4-9(12)2/h4-5,8,14H,6-7H2,1-3H3. The van der Waals surface area contributed by atoms with Crippen molar-refractivity contribution in [1.29, 1.82) is 0 Å². The first kappa shape index (κ1) is 17.5. The Balaban J connectivity index is 3.08. The topological polar surface area (TPSA) is 98.5 Å². The molecule has 0 spiro atoms. The number of rotatable bonds is 7. The molecule has 1 N–H and O–H groups in total. The van der Waals surface area contributed by atoms with E-state index in [1.165, 1.54) is 14.0 Å². The van der Waals surface area contributed by atoms with Crippen molar-refractivity contribution < 1.29 is 22.5 Å². The summed E-state index contributed by atoms with van der Waals surface area (Å²) in [6.45, 7) is 3.64. The minimum absolute atomic E-state index is 0.0690. The molecule has 0 aromatic heterocycles. The first-order valence-corrected chi connectivity index (χ1v) is 7.60. The van der Waals surface area contributed by atoms with Gasteiger partial charge in [-0.3, -0.25) is 10.1 Å². The van der Waals surface area contributed by atoms with Gasteiger partial charge in [0, 0.05) is 26.3 Å². The van der Waals surface area contributed by atoms with Crippen LogP contribution in [0.25, 0.3) is 0 Å². The number of hydrogen-bond donors (Lipinski definition) is 1. The number of nitrogens with zero attached hydrogens (tertiary/aromatic N) is 1. The molecular formula is C12H17FN2O5S. The van der Waals surface area contributed by atoms with Crippen LogP contribution in [0, 0.1) is 28.8 Å². The van der Waals surface area contributed by atoms with Gasteiger partial charge in [-0.2, -0.15) is 4.39 Å². The Morgan fingerprint density at radius 1 is 1.48 bits per heavy atom. The van der Waals surface area contributed by atoms with Crippen LogP contribution >= 0.6 is 0 Å². The van der Waals surface area contributed by atoms with E-state index in [1.807, 2.05) is 0 Å². The Bertz CT molecular complexity index is 633. The van der Waals surface area contributed by atoms with E-state index >= 15 is 0 Å². The molecule has 0 radical (unpaired) electrons. The predicted molar refractivity (Wildman–Crippen MR) is 74.0 cm³/mol. The van der Waals surface area contributed by atoms with Crippen molar-refractivity contribution in [3.8, 4) is 0 Å². The van der Waals surface area contributed by atoms with Gasteiger partial charge in [-0.05, 0) is 24.5 Å². The molecule has 1 aromatic rings. The zero-order chi connectivity index (χ0) is 16.2. The third-order valence-electron chi connectivity index (χ3n) is 2.80. The lowest BCUT2D eigenvalue weighted by Crippen LogP contribution is -2.30. The van der Waals surface area contributed by atoms with Crippen LogP contribution in [0.2, 0.25) is 0 Å². The van der Waals surface area contributed by atoms with E-state index in [-0.39, 0.29) is 22.9 Å². The molecule has 1 atom stereocenters. The fourth-order valence-electron chi connectivity index (χ4n) is 1.74. The average Bonchev–Trinajstić information content (AvgIpc) is 2.36. The summed E-state index contributed by atoms with van der Waals surface area (Å²) in [4.78, 5) is 9.43. The maximum atomic E-state index is 13.4. The van der Waals surface area contributed by atoms with Crippen LogP contribution in [0.3, 0.4) is 0 Å². The second-order valence-corrected chi connectivity index (χ2v) is 6.47. The van der Waals surface area contributed by atoms with Crippen molar-refractivity contribution in [2.24, 2.45) is 5.92 Å². The summed E-state index contributed by atoms with van der Waals surface area (Å²) in [6.07, 6.45) is 0. The molecule has 118 valence electrons. The number of nitro benzene ring substituents is 1. The summed E-state index contributed by atoms with van der Waals surface area (Å²) in [5, 5.41) is 10.7. The van der Waals surface area contributed by atoms with Gasteiger partial charge >= 0.3 is 5.69 Å². The van der Waals surface area contributed by atoms with Gasteiger partial charge in [0.25, 0.3) is 0 Å². The number of aryl methyl sites for hydroxylation is 1. The van der Waals surface area contributed by atoms with Crippen LogP contribution in [0.4, 0.5) is 10.1 Å². The minimum atomic E-state index is -3.95. The molecule has 0 bridgehead atoms. The SMILES string of the molecule is COCC(C)CNS(=O)(=O)c1cc([N+](=O)[O-])c(F)cc1C. The first-order chi connectivity index (χ1) is 9.69. The number of hydrogen-bond acceptors (Lipinski definition) is 5. The quantitative estimate of drug-likeness (QED) is 0.608. The fraction of sp³-hybridized carbons (Fsp3) is 0.500. The highest BCUT2D eigenvalue weighted by atomic mass is 32.2. The van der Waals surface area contributed by atoms with Gasteiger partial charge in [-0.1, -0.05) is 6.92 Å². The Morgan fingerprint density at radius 3 is 2.62 bits per heavy atom. The molecule has 1 aromatic carbocycles. The number of sulfonamides is 1. The Hall–Kier alpha value is -1.58. The van der Waals surface area contributed by atoms with Crippen molar-refractivity contribution in [1.82, 2.24) is 4.72 Å². The van der Waals surface area contributed by atoms with Gasteiger partial charge in [-0.15, -0.1) is 0 Å². The number of ether oxygens (including phenoxy) is 1. The molecule has 0 heterocycles. The minimum Gasteiger partial charge on any atom is -0.384 e. The van der Waals surface area contributed by atoms with Gasteiger partial charge < -0.3 is 4.74 Å². The average molecular weight is 320 g/mol. The first-order valence-electron chi connectivity index (χ1n) is 6.12. The Kier molecular flexibility index (Phi) is 5.76. The zero-order valence-electron chi connectivity index (χ0n) is 11.9. The number of methoxy groups -OCH3 is 1. The molecular weight excluding hydrogens is 303 g/mol. The van der Waals surface area contributed by atoms with Crippen LogP contribution in [0.5, 0.6) is 0 Å². The Morgan fingerprint density at radius 2 is 2.10 bits per heavy atom. The smallest absolute Gasteiger partial charge is 0.306 e. The number of nitro groups is 1. The monoisotopic (exact) mass is 320 g/mol. The summed E-state index contributed by atoms with van der Waals surface area (Å²) in [5.74, 6) is -1.13. The largest absolute Gasteiger partial charge is 0.384 e. The molecule has 7 nitrogen and oxygen atoms in total. The van der Waals surface area contributed by atoms with Gasteiger partial charge in [0.2, 0.25) is 15.8 Å². The maximum absolute atomic E-state index is 13.4. The molecule has 0 fully saturated rings. The van der Waals surface area contributed by atoms with E-state index in [4.69, 9.17) is 4.74 Å². The second-order valence-electron chi connectivity index (χ2n) is 4.74. The molecule has 1 unspecified atom stereocenters. The fourth-order valence-corrected chi connectivity index (χ4v) is 3.15. The lowest BCUT2D eigenvalue weighted by atomic mass is 10.2. The molecule has 0 saturated heterocycles. The van der Waals surface area contributed by atoms with Crippen molar-refractivity contribution in [2.45, 2.75) is 18.7 Å². The van der Waals surface area contributed by atoms with E-state index < -0.39 is 26.5 Å². The van der Waals surface area contributed by atoms with Crippen LogP contribution in [0.15, 0.2) is 17.0 Å². The summed E-state index contributed by atoms with van der Waals surface area (Å²) in [5.41, 5.74) is -0.768. The van der Waals surface area contributed by atoms with Crippen LogP contribution in [-0.2, 0) is 14.8 Å².